The Morgan fingerprint density at radius 1 is 1.10 bits per heavy atom. The molecule has 1 rings (SSSR count). The molecule has 0 N–H and O–H groups in total. The van der Waals surface area contributed by atoms with Gasteiger partial charge in [0.1, 0.15) is 6.61 Å². The number of hydrogen-bond acceptors (Lipinski definition) is 2. The molecule has 21 heavy (non-hydrogen) atoms. The minimum absolute atomic E-state index is 0.279. The first-order chi connectivity index (χ1) is 10.0. The quantitative estimate of drug-likeness (QED) is 0.632. The van der Waals surface area contributed by atoms with Crippen molar-refractivity contribution in [2.24, 2.45) is 0 Å². The molecule has 3 heteroatoms. The Labute approximate surface area is 129 Å². The third-order valence-electron chi connectivity index (χ3n) is 3.26. The molecular weight excluding hydrogens is 267 g/mol. The molecule has 0 spiro atoms. The highest BCUT2D eigenvalue weighted by Gasteiger charge is 2.13. The number of benzene rings is 1. The summed E-state index contributed by atoms with van der Waals surface area (Å²) in [5, 5.41) is 0. The molecule has 0 amide bonds. The number of rotatable bonds is 7. The average Bonchev–Trinajstić information content (AvgIpc) is 2.48. The molecule has 0 saturated heterocycles. The summed E-state index contributed by atoms with van der Waals surface area (Å²) in [5.74, 6) is 0.428. The molecule has 122 valence electrons. The number of ether oxygens (including phenoxy) is 2. The smallest absolute Gasteiger partial charge is 0.165 e. The van der Waals surface area contributed by atoms with E-state index in [4.69, 9.17) is 9.47 Å². The number of halogens is 1. The summed E-state index contributed by atoms with van der Waals surface area (Å²) in [6.45, 7) is 11.4. The maximum absolute atomic E-state index is 13.9. The lowest BCUT2D eigenvalue weighted by molar-refractivity contribution is 0.143. The molecule has 0 radical (unpaired) electrons. The molecule has 1 unspecified atom stereocenters. The molecule has 1 atom stereocenters. The Morgan fingerprint density at radius 3 is 2.19 bits per heavy atom. The van der Waals surface area contributed by atoms with E-state index >= 15 is 0 Å². The van der Waals surface area contributed by atoms with E-state index in [1.165, 1.54) is 6.42 Å². The van der Waals surface area contributed by atoms with Crippen molar-refractivity contribution in [3.05, 3.63) is 29.1 Å². The van der Waals surface area contributed by atoms with Gasteiger partial charge < -0.3 is 9.47 Å². The number of aryl methyl sites for hydroxylation is 1. The molecule has 0 aromatic heterocycles. The fourth-order valence-corrected chi connectivity index (χ4v) is 1.94. The van der Waals surface area contributed by atoms with Gasteiger partial charge in [-0.15, -0.1) is 0 Å². The van der Waals surface area contributed by atoms with E-state index in [0.717, 1.165) is 24.0 Å². The van der Waals surface area contributed by atoms with Crippen LogP contribution in [0.1, 0.15) is 64.5 Å². The molecule has 0 fully saturated rings. The van der Waals surface area contributed by atoms with Crippen LogP contribution in [0.15, 0.2) is 12.1 Å². The second-order valence-electron chi connectivity index (χ2n) is 5.19. The molecule has 0 bridgehead atoms. The molecule has 0 aliphatic carbocycles. The highest BCUT2D eigenvalue weighted by Crippen LogP contribution is 2.29. The summed E-state index contributed by atoms with van der Waals surface area (Å²) < 4.78 is 24.2. The van der Waals surface area contributed by atoms with Crippen molar-refractivity contribution in [2.75, 3.05) is 20.3 Å². The minimum atomic E-state index is -0.279. The first kappa shape index (κ1) is 19.9. The zero-order valence-electron chi connectivity index (χ0n) is 14.5. The first-order valence-electron chi connectivity index (χ1n) is 7.99. The van der Waals surface area contributed by atoms with Crippen molar-refractivity contribution in [1.82, 2.24) is 0 Å². The first-order valence-corrected chi connectivity index (χ1v) is 7.99. The SMILES string of the molecule is CCC.CCc1cc(OCCOC)c(F)cc1C(C)CC. The molecule has 0 aliphatic rings. The van der Waals surface area contributed by atoms with Crippen LogP contribution >= 0.6 is 0 Å². The monoisotopic (exact) mass is 298 g/mol. The summed E-state index contributed by atoms with van der Waals surface area (Å²) >= 11 is 0. The number of methoxy groups -OCH3 is 1. The van der Waals surface area contributed by atoms with Gasteiger partial charge in [-0.25, -0.2) is 4.39 Å². The van der Waals surface area contributed by atoms with Crippen LogP contribution in [-0.2, 0) is 11.2 Å². The molecule has 2 nitrogen and oxygen atoms in total. The van der Waals surface area contributed by atoms with Gasteiger partial charge in [-0.3, -0.25) is 0 Å². The standard InChI is InChI=1S/C15H23FO2.C3H8/c1-5-11(3)13-10-14(16)15(9-12(13)6-2)18-8-7-17-4;1-3-2/h9-11H,5-8H2,1-4H3;3H2,1-2H3. The summed E-state index contributed by atoms with van der Waals surface area (Å²) in [6, 6.07) is 3.45. The predicted molar refractivity (Wildman–Crippen MR) is 87.8 cm³/mol. The van der Waals surface area contributed by atoms with E-state index in [1.54, 1.807) is 13.2 Å². The Hall–Kier alpha value is -1.09. The Morgan fingerprint density at radius 2 is 1.71 bits per heavy atom. The summed E-state index contributed by atoms with van der Waals surface area (Å²) in [7, 11) is 1.60. The van der Waals surface area contributed by atoms with Crippen molar-refractivity contribution in [2.45, 2.75) is 59.8 Å². The van der Waals surface area contributed by atoms with Gasteiger partial charge in [0.15, 0.2) is 11.6 Å². The van der Waals surface area contributed by atoms with Crippen LogP contribution in [0.3, 0.4) is 0 Å². The Bertz CT molecular complexity index is 391. The van der Waals surface area contributed by atoms with E-state index in [2.05, 4.69) is 34.6 Å². The van der Waals surface area contributed by atoms with Crippen molar-refractivity contribution in [3.63, 3.8) is 0 Å². The van der Waals surface area contributed by atoms with Crippen LogP contribution in [-0.4, -0.2) is 20.3 Å². The van der Waals surface area contributed by atoms with Crippen molar-refractivity contribution in [3.8, 4) is 5.75 Å². The second kappa shape index (κ2) is 11.6. The molecule has 0 aliphatic heterocycles. The second-order valence-corrected chi connectivity index (χ2v) is 5.19. The fraction of sp³-hybridized carbons (Fsp3) is 0.667. The lowest BCUT2D eigenvalue weighted by Crippen LogP contribution is -2.07. The van der Waals surface area contributed by atoms with Gasteiger partial charge in [-0.2, -0.15) is 0 Å². The van der Waals surface area contributed by atoms with Gasteiger partial charge in [0.25, 0.3) is 0 Å². The maximum atomic E-state index is 13.9. The third kappa shape index (κ3) is 6.94. The molecular formula is C18H31FO2. The predicted octanol–water partition coefficient (Wildman–Crippen LogP) is 5.34. The lowest BCUT2D eigenvalue weighted by atomic mass is 9.92. The van der Waals surface area contributed by atoms with Crippen LogP contribution in [0.2, 0.25) is 0 Å². The Balaban J connectivity index is 0.00000122. The van der Waals surface area contributed by atoms with Crippen molar-refractivity contribution < 1.29 is 13.9 Å². The zero-order valence-corrected chi connectivity index (χ0v) is 14.5. The van der Waals surface area contributed by atoms with Crippen molar-refractivity contribution >= 4 is 0 Å². The fourth-order valence-electron chi connectivity index (χ4n) is 1.94. The zero-order chi connectivity index (χ0) is 16.3. The summed E-state index contributed by atoms with van der Waals surface area (Å²) in [6.07, 6.45) is 3.15. The molecule has 1 aromatic carbocycles. The van der Waals surface area contributed by atoms with E-state index in [0.29, 0.717) is 24.9 Å². The van der Waals surface area contributed by atoms with Crippen LogP contribution in [0.4, 0.5) is 4.39 Å². The summed E-state index contributed by atoms with van der Waals surface area (Å²) in [4.78, 5) is 0. The highest BCUT2D eigenvalue weighted by molar-refractivity contribution is 5.39. The van der Waals surface area contributed by atoms with E-state index < -0.39 is 0 Å². The lowest BCUT2D eigenvalue weighted by Gasteiger charge is -2.16. The maximum Gasteiger partial charge on any atom is 0.165 e. The van der Waals surface area contributed by atoms with Gasteiger partial charge in [-0.05, 0) is 42.0 Å². The van der Waals surface area contributed by atoms with Crippen LogP contribution < -0.4 is 4.74 Å². The topological polar surface area (TPSA) is 18.5 Å². The van der Waals surface area contributed by atoms with Crippen LogP contribution in [0.25, 0.3) is 0 Å². The average molecular weight is 298 g/mol. The van der Waals surface area contributed by atoms with Gasteiger partial charge in [0, 0.05) is 7.11 Å². The van der Waals surface area contributed by atoms with Gasteiger partial charge in [0.2, 0.25) is 0 Å². The molecule has 0 saturated carbocycles. The van der Waals surface area contributed by atoms with Gasteiger partial charge in [-0.1, -0.05) is 41.0 Å². The minimum Gasteiger partial charge on any atom is -0.488 e. The molecule has 0 heterocycles. The van der Waals surface area contributed by atoms with Crippen LogP contribution in [0, 0.1) is 5.82 Å². The largest absolute Gasteiger partial charge is 0.488 e. The van der Waals surface area contributed by atoms with E-state index in [9.17, 15) is 4.39 Å². The van der Waals surface area contributed by atoms with Crippen LogP contribution in [0.5, 0.6) is 5.75 Å². The van der Waals surface area contributed by atoms with Crippen molar-refractivity contribution in [1.29, 1.82) is 0 Å². The number of hydrogen-bond donors (Lipinski definition) is 0. The normalized spacial score (nSPS) is 11.6. The third-order valence-corrected chi connectivity index (χ3v) is 3.26. The van der Waals surface area contributed by atoms with E-state index in [1.807, 2.05) is 6.07 Å². The summed E-state index contributed by atoms with van der Waals surface area (Å²) in [5.41, 5.74) is 2.26. The highest BCUT2D eigenvalue weighted by atomic mass is 19.1. The molecule has 1 aromatic rings. The van der Waals surface area contributed by atoms with Gasteiger partial charge >= 0.3 is 0 Å². The van der Waals surface area contributed by atoms with Gasteiger partial charge in [0.05, 0.1) is 6.61 Å². The Kier molecular flexibility index (Phi) is 11.0. The van der Waals surface area contributed by atoms with E-state index in [-0.39, 0.29) is 5.82 Å².